The Hall–Kier alpha value is -0.650. The molecule has 90 valence electrons. The molecule has 5 nitrogen and oxygen atoms in total. The molecule has 0 rings (SSSR count). The van der Waals surface area contributed by atoms with E-state index in [2.05, 4.69) is 10.6 Å². The van der Waals surface area contributed by atoms with Crippen molar-refractivity contribution >= 4 is 5.91 Å². The molecule has 1 atom stereocenters. The number of hydrogen-bond donors (Lipinski definition) is 2. The molecule has 0 aliphatic carbocycles. The second-order valence-corrected chi connectivity index (χ2v) is 3.37. The first-order valence-electron chi connectivity index (χ1n) is 5.19. The summed E-state index contributed by atoms with van der Waals surface area (Å²) in [5.41, 5.74) is 0. The van der Waals surface area contributed by atoms with Crippen LogP contribution in [0.25, 0.3) is 0 Å². The van der Waals surface area contributed by atoms with E-state index < -0.39 is 0 Å². The van der Waals surface area contributed by atoms with Gasteiger partial charge in [-0.15, -0.1) is 0 Å². The highest BCUT2D eigenvalue weighted by atomic mass is 16.7. The van der Waals surface area contributed by atoms with Crippen LogP contribution < -0.4 is 10.6 Å². The molecule has 0 bridgehead atoms. The van der Waals surface area contributed by atoms with Crippen molar-refractivity contribution in [1.29, 1.82) is 0 Å². The van der Waals surface area contributed by atoms with Gasteiger partial charge in [0.15, 0.2) is 6.29 Å². The standard InChI is InChI=1S/C10H22N2O3/c1-5-11-8(2)6-9(13)12-7-10(14-3)15-4/h8,10-11H,5-7H2,1-4H3,(H,12,13). The predicted molar refractivity (Wildman–Crippen MR) is 58.6 cm³/mol. The van der Waals surface area contributed by atoms with Crippen LogP contribution in [0.3, 0.4) is 0 Å². The summed E-state index contributed by atoms with van der Waals surface area (Å²) >= 11 is 0. The summed E-state index contributed by atoms with van der Waals surface area (Å²) in [6.07, 6.45) is 0.0944. The first-order valence-corrected chi connectivity index (χ1v) is 5.19. The van der Waals surface area contributed by atoms with Crippen LogP contribution in [0.1, 0.15) is 20.3 Å². The lowest BCUT2D eigenvalue weighted by Gasteiger charge is -2.16. The zero-order valence-electron chi connectivity index (χ0n) is 10.0. The molecule has 0 aliphatic heterocycles. The number of hydrogen-bond acceptors (Lipinski definition) is 4. The fourth-order valence-electron chi connectivity index (χ4n) is 1.23. The molecule has 0 aromatic carbocycles. The molecule has 0 heterocycles. The zero-order chi connectivity index (χ0) is 11.7. The van der Waals surface area contributed by atoms with Gasteiger partial charge >= 0.3 is 0 Å². The number of ether oxygens (including phenoxy) is 2. The lowest BCUT2D eigenvalue weighted by molar-refractivity contribution is -0.127. The van der Waals surface area contributed by atoms with Gasteiger partial charge in [0.1, 0.15) is 0 Å². The molecular weight excluding hydrogens is 196 g/mol. The molecule has 0 aromatic rings. The van der Waals surface area contributed by atoms with Gasteiger partial charge in [-0.2, -0.15) is 0 Å². The first-order chi connectivity index (χ1) is 7.13. The number of carbonyl (C=O) groups is 1. The van der Waals surface area contributed by atoms with E-state index in [4.69, 9.17) is 9.47 Å². The van der Waals surface area contributed by atoms with Crippen LogP contribution >= 0.6 is 0 Å². The van der Waals surface area contributed by atoms with E-state index in [1.165, 1.54) is 0 Å². The third kappa shape index (κ3) is 7.30. The van der Waals surface area contributed by atoms with Crippen LogP contribution in [0.4, 0.5) is 0 Å². The highest BCUT2D eigenvalue weighted by Gasteiger charge is 2.10. The van der Waals surface area contributed by atoms with E-state index in [1.54, 1.807) is 14.2 Å². The van der Waals surface area contributed by atoms with E-state index in [9.17, 15) is 4.79 Å². The molecule has 5 heteroatoms. The summed E-state index contributed by atoms with van der Waals surface area (Å²) in [5, 5.41) is 5.91. The van der Waals surface area contributed by atoms with Crippen molar-refractivity contribution in [1.82, 2.24) is 10.6 Å². The minimum Gasteiger partial charge on any atom is -0.354 e. The molecule has 1 unspecified atom stereocenters. The Balaban J connectivity index is 3.64. The third-order valence-electron chi connectivity index (χ3n) is 2.04. The van der Waals surface area contributed by atoms with Crippen molar-refractivity contribution in [2.45, 2.75) is 32.6 Å². The van der Waals surface area contributed by atoms with Crippen LogP contribution in [0.2, 0.25) is 0 Å². The lowest BCUT2D eigenvalue weighted by Crippen LogP contribution is -2.38. The van der Waals surface area contributed by atoms with Crippen LogP contribution in [-0.2, 0) is 14.3 Å². The summed E-state index contributed by atoms with van der Waals surface area (Å²) in [4.78, 5) is 11.4. The van der Waals surface area contributed by atoms with E-state index in [1.807, 2.05) is 13.8 Å². The van der Waals surface area contributed by atoms with Gasteiger partial charge < -0.3 is 20.1 Å². The Morgan fingerprint density at radius 2 is 1.93 bits per heavy atom. The number of amides is 1. The van der Waals surface area contributed by atoms with Gasteiger partial charge in [-0.25, -0.2) is 0 Å². The largest absolute Gasteiger partial charge is 0.354 e. The minimum absolute atomic E-state index is 0.00236. The lowest BCUT2D eigenvalue weighted by atomic mass is 10.2. The quantitative estimate of drug-likeness (QED) is 0.568. The highest BCUT2D eigenvalue weighted by molar-refractivity contribution is 5.76. The van der Waals surface area contributed by atoms with Crippen molar-refractivity contribution in [2.24, 2.45) is 0 Å². The summed E-state index contributed by atoms with van der Waals surface area (Å²) in [6, 6.07) is 0.193. The van der Waals surface area contributed by atoms with Crippen LogP contribution in [0, 0.1) is 0 Å². The summed E-state index contributed by atoms with van der Waals surface area (Å²) in [5.74, 6) is 0.00236. The Morgan fingerprint density at radius 3 is 2.40 bits per heavy atom. The second kappa shape index (κ2) is 8.64. The van der Waals surface area contributed by atoms with Gasteiger partial charge in [0.05, 0.1) is 6.54 Å². The van der Waals surface area contributed by atoms with Crippen molar-refractivity contribution in [3.05, 3.63) is 0 Å². The average molecular weight is 218 g/mol. The molecular formula is C10H22N2O3. The molecule has 0 aliphatic rings. The maximum Gasteiger partial charge on any atom is 0.221 e. The third-order valence-corrected chi connectivity index (χ3v) is 2.04. The molecule has 0 fully saturated rings. The molecule has 0 saturated carbocycles. The Kier molecular flexibility index (Phi) is 8.27. The smallest absolute Gasteiger partial charge is 0.221 e. The molecule has 0 spiro atoms. The molecule has 0 aromatic heterocycles. The second-order valence-electron chi connectivity index (χ2n) is 3.37. The molecule has 1 amide bonds. The van der Waals surface area contributed by atoms with Crippen molar-refractivity contribution in [3.63, 3.8) is 0 Å². The van der Waals surface area contributed by atoms with Crippen LogP contribution in [0.5, 0.6) is 0 Å². The van der Waals surface area contributed by atoms with Gasteiger partial charge in [0, 0.05) is 26.7 Å². The zero-order valence-corrected chi connectivity index (χ0v) is 10.0. The summed E-state index contributed by atoms with van der Waals surface area (Å²) in [7, 11) is 3.09. The van der Waals surface area contributed by atoms with Gasteiger partial charge in [-0.3, -0.25) is 4.79 Å². The maximum absolute atomic E-state index is 11.4. The fraction of sp³-hybridized carbons (Fsp3) is 0.900. The van der Waals surface area contributed by atoms with E-state index >= 15 is 0 Å². The monoisotopic (exact) mass is 218 g/mol. The number of methoxy groups -OCH3 is 2. The molecule has 0 saturated heterocycles. The maximum atomic E-state index is 11.4. The Morgan fingerprint density at radius 1 is 1.33 bits per heavy atom. The topological polar surface area (TPSA) is 59.6 Å². The molecule has 0 radical (unpaired) electrons. The first kappa shape index (κ1) is 14.3. The summed E-state index contributed by atoms with van der Waals surface area (Å²) in [6.45, 7) is 5.24. The number of rotatable bonds is 8. The number of nitrogens with one attached hydrogen (secondary N) is 2. The van der Waals surface area contributed by atoms with Crippen molar-refractivity contribution in [3.8, 4) is 0 Å². The van der Waals surface area contributed by atoms with Crippen molar-refractivity contribution in [2.75, 3.05) is 27.3 Å². The van der Waals surface area contributed by atoms with Gasteiger partial charge in [0.2, 0.25) is 5.91 Å². The predicted octanol–water partition coefficient (Wildman–Crippen LogP) is 0.110. The van der Waals surface area contributed by atoms with E-state index in [0.29, 0.717) is 13.0 Å². The average Bonchev–Trinajstić information content (AvgIpc) is 2.19. The summed E-state index contributed by atoms with van der Waals surface area (Å²) < 4.78 is 9.90. The minimum atomic E-state index is -0.372. The van der Waals surface area contributed by atoms with E-state index in [-0.39, 0.29) is 18.2 Å². The van der Waals surface area contributed by atoms with E-state index in [0.717, 1.165) is 6.54 Å². The van der Waals surface area contributed by atoms with Gasteiger partial charge in [-0.05, 0) is 13.5 Å². The SMILES string of the molecule is CCNC(C)CC(=O)NCC(OC)OC. The van der Waals surface area contributed by atoms with Gasteiger partial charge in [-0.1, -0.05) is 6.92 Å². The van der Waals surface area contributed by atoms with Crippen molar-refractivity contribution < 1.29 is 14.3 Å². The highest BCUT2D eigenvalue weighted by Crippen LogP contribution is 1.92. The molecule has 15 heavy (non-hydrogen) atoms. The Bertz CT molecular complexity index is 172. The molecule has 2 N–H and O–H groups in total. The fourth-order valence-corrected chi connectivity index (χ4v) is 1.23. The number of carbonyl (C=O) groups excluding carboxylic acids is 1. The van der Waals surface area contributed by atoms with Gasteiger partial charge in [0.25, 0.3) is 0 Å². The van der Waals surface area contributed by atoms with Crippen LogP contribution in [0.15, 0.2) is 0 Å². The van der Waals surface area contributed by atoms with Crippen LogP contribution in [-0.4, -0.2) is 45.5 Å². The normalized spacial score (nSPS) is 12.9. The Labute approximate surface area is 91.5 Å².